The quantitative estimate of drug-likeness (QED) is 0.630. The van der Waals surface area contributed by atoms with E-state index in [1.807, 2.05) is 13.8 Å². The number of guanidine groups is 1. The molecule has 22 heavy (non-hydrogen) atoms. The van der Waals surface area contributed by atoms with Crippen LogP contribution in [0.25, 0.3) is 0 Å². The van der Waals surface area contributed by atoms with Gasteiger partial charge >= 0.3 is 0 Å². The van der Waals surface area contributed by atoms with Gasteiger partial charge in [0.15, 0.2) is 11.8 Å². The lowest BCUT2D eigenvalue weighted by Gasteiger charge is -2.10. The van der Waals surface area contributed by atoms with Gasteiger partial charge in [0.05, 0.1) is 6.54 Å². The topological polar surface area (TPSA) is 75.3 Å². The number of aromatic nitrogens is 2. The highest BCUT2D eigenvalue weighted by atomic mass is 16.5. The Morgan fingerprint density at radius 3 is 2.82 bits per heavy atom. The Kier molecular flexibility index (Phi) is 5.94. The second kappa shape index (κ2) is 8.17. The zero-order valence-electron chi connectivity index (χ0n) is 13.4. The van der Waals surface area contributed by atoms with Gasteiger partial charge < -0.3 is 15.2 Å². The average molecular weight is 301 g/mol. The molecular formula is C16H23N5O. The fraction of sp³-hybridized carbons (Fsp3) is 0.438. The summed E-state index contributed by atoms with van der Waals surface area (Å²) in [5.74, 6) is 2.09. The second-order valence-corrected chi connectivity index (χ2v) is 5.10. The lowest BCUT2D eigenvalue weighted by Crippen LogP contribution is -2.38. The Balaban J connectivity index is 1.86. The van der Waals surface area contributed by atoms with Crippen LogP contribution in [0.2, 0.25) is 0 Å². The average Bonchev–Trinajstić information content (AvgIpc) is 2.90. The highest BCUT2D eigenvalue weighted by Gasteiger charge is 2.03. The Labute approximate surface area is 131 Å². The molecule has 118 valence electrons. The van der Waals surface area contributed by atoms with Crippen molar-refractivity contribution in [2.24, 2.45) is 4.99 Å². The molecule has 2 rings (SSSR count). The van der Waals surface area contributed by atoms with Crippen LogP contribution in [-0.4, -0.2) is 29.2 Å². The standard InChI is InChI=1S/C16H23N5O/c1-4-17-16(18-9-8-15-20-13(3)21-22-15)19-11-14-7-5-6-12(2)10-14/h5-7,10H,4,8-9,11H2,1-3H3,(H2,17,18,19). The van der Waals surface area contributed by atoms with E-state index in [0.717, 1.165) is 12.5 Å². The smallest absolute Gasteiger partial charge is 0.228 e. The first-order chi connectivity index (χ1) is 10.7. The van der Waals surface area contributed by atoms with Crippen LogP contribution in [0.3, 0.4) is 0 Å². The van der Waals surface area contributed by atoms with Gasteiger partial charge in [-0.25, -0.2) is 4.99 Å². The molecule has 0 fully saturated rings. The minimum atomic E-state index is 0.638. The molecule has 0 spiro atoms. The number of rotatable bonds is 6. The number of hydrogen-bond acceptors (Lipinski definition) is 4. The molecule has 1 aromatic carbocycles. The molecule has 0 aliphatic carbocycles. The number of aliphatic imine (C=N–C) groups is 1. The van der Waals surface area contributed by atoms with E-state index in [1.54, 1.807) is 0 Å². The van der Waals surface area contributed by atoms with Gasteiger partial charge in [0.25, 0.3) is 0 Å². The van der Waals surface area contributed by atoms with Crippen LogP contribution < -0.4 is 10.6 Å². The number of hydrogen-bond donors (Lipinski definition) is 2. The molecule has 0 saturated heterocycles. The van der Waals surface area contributed by atoms with Crippen molar-refractivity contribution in [3.05, 3.63) is 47.1 Å². The van der Waals surface area contributed by atoms with Gasteiger partial charge in [0.2, 0.25) is 5.89 Å². The monoisotopic (exact) mass is 301 g/mol. The molecule has 2 aromatic rings. The third-order valence-electron chi connectivity index (χ3n) is 3.05. The molecule has 0 bridgehead atoms. The van der Waals surface area contributed by atoms with Crippen LogP contribution in [-0.2, 0) is 13.0 Å². The minimum Gasteiger partial charge on any atom is -0.357 e. The molecular weight excluding hydrogens is 278 g/mol. The zero-order valence-corrected chi connectivity index (χ0v) is 13.4. The van der Waals surface area contributed by atoms with Crippen LogP contribution in [0, 0.1) is 13.8 Å². The van der Waals surface area contributed by atoms with Crippen molar-refractivity contribution in [2.45, 2.75) is 33.7 Å². The number of benzene rings is 1. The molecule has 0 saturated carbocycles. The predicted molar refractivity (Wildman–Crippen MR) is 86.7 cm³/mol. The van der Waals surface area contributed by atoms with Crippen molar-refractivity contribution in [1.29, 1.82) is 0 Å². The summed E-state index contributed by atoms with van der Waals surface area (Å²) in [6, 6.07) is 8.37. The van der Waals surface area contributed by atoms with E-state index in [1.165, 1.54) is 11.1 Å². The first-order valence-corrected chi connectivity index (χ1v) is 7.54. The highest BCUT2D eigenvalue weighted by Crippen LogP contribution is 2.05. The Morgan fingerprint density at radius 1 is 1.27 bits per heavy atom. The van der Waals surface area contributed by atoms with Crippen LogP contribution in [0.5, 0.6) is 0 Å². The summed E-state index contributed by atoms with van der Waals surface area (Å²) in [4.78, 5) is 8.77. The second-order valence-electron chi connectivity index (χ2n) is 5.10. The van der Waals surface area contributed by atoms with Crippen LogP contribution in [0.1, 0.15) is 29.8 Å². The van der Waals surface area contributed by atoms with Gasteiger partial charge in [0, 0.05) is 19.5 Å². The maximum atomic E-state index is 5.09. The summed E-state index contributed by atoms with van der Waals surface area (Å²) < 4.78 is 5.09. The molecule has 0 aliphatic heterocycles. The predicted octanol–water partition coefficient (Wildman–Crippen LogP) is 1.98. The molecule has 6 heteroatoms. The molecule has 0 atom stereocenters. The van der Waals surface area contributed by atoms with Crippen LogP contribution in [0.4, 0.5) is 0 Å². The van der Waals surface area contributed by atoms with Gasteiger partial charge in [-0.1, -0.05) is 35.0 Å². The Bertz CT molecular complexity index is 621. The summed E-state index contributed by atoms with van der Waals surface area (Å²) >= 11 is 0. The van der Waals surface area contributed by atoms with E-state index >= 15 is 0 Å². The van der Waals surface area contributed by atoms with Crippen molar-refractivity contribution in [2.75, 3.05) is 13.1 Å². The minimum absolute atomic E-state index is 0.638. The molecule has 6 nitrogen and oxygen atoms in total. The number of nitrogens with zero attached hydrogens (tertiary/aromatic N) is 3. The number of nitrogens with one attached hydrogen (secondary N) is 2. The summed E-state index contributed by atoms with van der Waals surface area (Å²) in [6.07, 6.45) is 0.676. The maximum absolute atomic E-state index is 5.09. The third kappa shape index (κ3) is 5.20. The van der Waals surface area contributed by atoms with Gasteiger partial charge in [-0.05, 0) is 26.3 Å². The molecule has 1 aromatic heterocycles. The van der Waals surface area contributed by atoms with E-state index in [2.05, 4.69) is 57.0 Å². The van der Waals surface area contributed by atoms with E-state index < -0.39 is 0 Å². The first kappa shape index (κ1) is 16.0. The summed E-state index contributed by atoms with van der Waals surface area (Å²) in [5, 5.41) is 10.3. The van der Waals surface area contributed by atoms with Crippen molar-refractivity contribution in [3.8, 4) is 0 Å². The fourth-order valence-electron chi connectivity index (χ4n) is 2.05. The van der Waals surface area contributed by atoms with Crippen molar-refractivity contribution >= 4 is 5.96 Å². The summed E-state index contributed by atoms with van der Waals surface area (Å²) in [6.45, 7) is 8.11. The van der Waals surface area contributed by atoms with Gasteiger partial charge in [-0.15, -0.1) is 0 Å². The largest absolute Gasteiger partial charge is 0.357 e. The summed E-state index contributed by atoms with van der Waals surface area (Å²) in [5.41, 5.74) is 2.45. The normalized spacial score (nSPS) is 11.5. The van der Waals surface area contributed by atoms with Gasteiger partial charge in [-0.2, -0.15) is 4.98 Å². The van der Waals surface area contributed by atoms with E-state index in [9.17, 15) is 0 Å². The lowest BCUT2D eigenvalue weighted by molar-refractivity contribution is 0.374. The SMILES string of the molecule is CCNC(=NCc1cccc(C)c1)NCCc1nc(C)no1. The molecule has 0 aliphatic rings. The zero-order chi connectivity index (χ0) is 15.8. The first-order valence-electron chi connectivity index (χ1n) is 7.54. The molecule has 2 N–H and O–H groups in total. The summed E-state index contributed by atoms with van der Waals surface area (Å²) in [7, 11) is 0. The van der Waals surface area contributed by atoms with E-state index in [0.29, 0.717) is 31.2 Å². The van der Waals surface area contributed by atoms with Crippen LogP contribution >= 0.6 is 0 Å². The molecule has 0 radical (unpaired) electrons. The van der Waals surface area contributed by atoms with Gasteiger partial charge in [-0.3, -0.25) is 0 Å². The van der Waals surface area contributed by atoms with Crippen molar-refractivity contribution < 1.29 is 4.52 Å². The molecule has 0 unspecified atom stereocenters. The van der Waals surface area contributed by atoms with Gasteiger partial charge in [0.1, 0.15) is 0 Å². The maximum Gasteiger partial charge on any atom is 0.228 e. The molecule has 0 amide bonds. The fourth-order valence-corrected chi connectivity index (χ4v) is 2.05. The lowest BCUT2D eigenvalue weighted by atomic mass is 10.1. The Hall–Kier alpha value is -2.37. The molecule has 1 heterocycles. The van der Waals surface area contributed by atoms with Crippen molar-refractivity contribution in [3.63, 3.8) is 0 Å². The third-order valence-corrected chi connectivity index (χ3v) is 3.05. The van der Waals surface area contributed by atoms with Crippen molar-refractivity contribution in [1.82, 2.24) is 20.8 Å². The number of aryl methyl sites for hydroxylation is 2. The highest BCUT2D eigenvalue weighted by molar-refractivity contribution is 5.79. The Morgan fingerprint density at radius 2 is 2.14 bits per heavy atom. The van der Waals surface area contributed by atoms with Crippen LogP contribution in [0.15, 0.2) is 33.8 Å². The van der Waals surface area contributed by atoms with E-state index in [4.69, 9.17) is 4.52 Å². The van der Waals surface area contributed by atoms with E-state index in [-0.39, 0.29) is 0 Å².